The number of ether oxygens (including phenoxy) is 10. The Bertz CT molecular complexity index is 2310. The molecule has 33 atom stereocenters. The summed E-state index contributed by atoms with van der Waals surface area (Å²) < 4.78 is 59.4. The number of aliphatic hydroxyl groups is 15. The van der Waals surface area contributed by atoms with Crippen LogP contribution in [-0.4, -0.2) is 263 Å². The standard InChI is InChI=1S/C58H94O26/c1-23-34(62)38(66)42(70)49(77-23)82-46-29(20-60)79-48(45(73)41(46)69)76-22-30-37(65)40(68)44(72)51(80-30)84-53(74)58-15-10-25(19-59)18-27(58)26-8-9-32-55(5)13-12-33(54(3,4)31(55)11-14-57(32,7)56(26,6)16-17-58)81-52-47(36(64)28(61)21-75-52)83-50-43(71)39(67)35(63)24(2)78-50/h8,23-25,27-52,59-73H,9-22H2,1-7H3/t23-,24-,25+,27-,28+,29+,30-,31-,32+,33-,34-,35-,36+,37-,38+,39+,40+,41+,42+,43+,44-,45+,46+,47-,48+,49-,50-,51+,52+,55-,56+,57+,58-/m0/s1. The molecule has 15 N–H and O–H groups in total. The summed E-state index contributed by atoms with van der Waals surface area (Å²) in [6, 6.07) is 0. The molecule has 4 saturated carbocycles. The molecule has 0 bridgehead atoms. The summed E-state index contributed by atoms with van der Waals surface area (Å²) in [4.78, 5) is 15.2. The Balaban J connectivity index is 0.823. The lowest BCUT2D eigenvalue weighted by atomic mass is 9.34. The largest absolute Gasteiger partial charge is 0.432 e. The van der Waals surface area contributed by atoms with Crippen molar-refractivity contribution in [2.24, 2.45) is 50.7 Å². The van der Waals surface area contributed by atoms with Crippen molar-refractivity contribution in [3.8, 4) is 0 Å². The number of rotatable bonds is 13. The molecule has 0 aromatic rings. The number of allylic oxidation sites excluding steroid dienone is 2. The Kier molecular flexibility index (Phi) is 19.0. The monoisotopic (exact) mass is 1210 g/mol. The molecule has 0 spiro atoms. The van der Waals surface area contributed by atoms with Gasteiger partial charge in [0.15, 0.2) is 25.2 Å². The topological polar surface area (TPSA) is 413 Å². The zero-order valence-corrected chi connectivity index (χ0v) is 48.9. The van der Waals surface area contributed by atoms with Gasteiger partial charge in [-0.3, -0.25) is 4.79 Å². The summed E-state index contributed by atoms with van der Waals surface area (Å²) in [5.41, 5.74) is -1.32. The van der Waals surface area contributed by atoms with Gasteiger partial charge in [-0.05, 0) is 123 Å². The van der Waals surface area contributed by atoms with Crippen LogP contribution in [-0.2, 0) is 52.2 Å². The number of esters is 1. The second-order valence-electron chi connectivity index (χ2n) is 27.6. The third-order valence-electron chi connectivity index (χ3n) is 22.9. The third kappa shape index (κ3) is 10.9. The zero-order valence-electron chi connectivity index (χ0n) is 48.9. The smallest absolute Gasteiger partial charge is 0.315 e. The van der Waals surface area contributed by atoms with Gasteiger partial charge in [0.05, 0.1) is 43.5 Å². The minimum atomic E-state index is -1.91. The third-order valence-corrected chi connectivity index (χ3v) is 22.9. The fourth-order valence-corrected chi connectivity index (χ4v) is 17.4. The first-order chi connectivity index (χ1) is 39.5. The van der Waals surface area contributed by atoms with Gasteiger partial charge < -0.3 is 124 Å². The number of aliphatic hydroxyl groups excluding tert-OH is 15. The van der Waals surface area contributed by atoms with Crippen molar-refractivity contribution in [2.45, 2.75) is 266 Å². The van der Waals surface area contributed by atoms with Gasteiger partial charge >= 0.3 is 5.97 Å². The van der Waals surface area contributed by atoms with Gasteiger partial charge in [-0.25, -0.2) is 0 Å². The Labute approximate surface area is 488 Å². The van der Waals surface area contributed by atoms with Crippen molar-refractivity contribution in [1.29, 1.82) is 0 Å². The predicted molar refractivity (Wildman–Crippen MR) is 283 cm³/mol. The van der Waals surface area contributed by atoms with Crippen LogP contribution in [0.2, 0.25) is 0 Å². The van der Waals surface area contributed by atoms with E-state index < -0.39 is 189 Å². The van der Waals surface area contributed by atoms with Crippen molar-refractivity contribution in [1.82, 2.24) is 0 Å². The summed E-state index contributed by atoms with van der Waals surface area (Å²) >= 11 is 0. The summed E-state index contributed by atoms with van der Waals surface area (Å²) in [5, 5.41) is 161. The molecule has 482 valence electrons. The average Bonchev–Trinajstić information content (AvgIpc) is 0.763. The van der Waals surface area contributed by atoms with Gasteiger partial charge in [0, 0.05) is 6.61 Å². The van der Waals surface area contributed by atoms with Crippen LogP contribution in [0, 0.1) is 50.7 Å². The van der Waals surface area contributed by atoms with Crippen molar-refractivity contribution < 1.29 is 129 Å². The highest BCUT2D eigenvalue weighted by Gasteiger charge is 2.70. The van der Waals surface area contributed by atoms with Gasteiger partial charge in [-0.2, -0.15) is 0 Å². The first-order valence-electron chi connectivity index (χ1n) is 30.3. The van der Waals surface area contributed by atoms with Gasteiger partial charge in [0.25, 0.3) is 0 Å². The van der Waals surface area contributed by atoms with Crippen LogP contribution in [0.25, 0.3) is 0 Å². The molecule has 0 unspecified atom stereocenters. The molecular formula is C58H94O26. The second-order valence-corrected chi connectivity index (χ2v) is 27.6. The van der Waals surface area contributed by atoms with Crippen molar-refractivity contribution in [2.75, 3.05) is 26.4 Å². The maximum atomic E-state index is 15.2. The fraction of sp³-hybridized carbons (Fsp3) is 0.948. The summed E-state index contributed by atoms with van der Waals surface area (Å²) in [6.07, 6.45) is -29.2. The Hall–Kier alpha value is -1.75. The van der Waals surface area contributed by atoms with E-state index in [1.54, 1.807) is 0 Å². The average molecular weight is 1210 g/mol. The van der Waals surface area contributed by atoms with E-state index in [1.165, 1.54) is 13.8 Å². The van der Waals surface area contributed by atoms with E-state index >= 15 is 4.79 Å². The first-order valence-corrected chi connectivity index (χ1v) is 30.3. The molecule has 10 rings (SSSR count). The maximum Gasteiger partial charge on any atom is 0.315 e. The quantitative estimate of drug-likeness (QED) is 0.0498. The minimum Gasteiger partial charge on any atom is -0.432 e. The lowest BCUT2D eigenvalue weighted by Gasteiger charge is -2.71. The number of carbonyl (C=O) groups excluding carboxylic acids is 1. The molecule has 5 aliphatic carbocycles. The molecule has 26 heteroatoms. The first kappa shape index (κ1) is 65.2. The maximum absolute atomic E-state index is 15.2. The molecule has 26 nitrogen and oxygen atoms in total. The minimum absolute atomic E-state index is 0.0868. The van der Waals surface area contributed by atoms with Crippen LogP contribution in [0.5, 0.6) is 0 Å². The fourth-order valence-electron chi connectivity index (χ4n) is 17.4. The Morgan fingerprint density at radius 3 is 1.79 bits per heavy atom. The van der Waals surface area contributed by atoms with E-state index in [2.05, 4.69) is 40.7 Å². The molecule has 0 radical (unpaired) electrons. The van der Waals surface area contributed by atoms with Crippen LogP contribution in [0.3, 0.4) is 0 Å². The summed E-state index contributed by atoms with van der Waals surface area (Å²) in [7, 11) is 0. The lowest BCUT2D eigenvalue weighted by molar-refractivity contribution is -0.364. The van der Waals surface area contributed by atoms with E-state index in [0.29, 0.717) is 44.9 Å². The van der Waals surface area contributed by atoms with E-state index in [9.17, 15) is 76.6 Å². The molecule has 5 heterocycles. The zero-order chi connectivity index (χ0) is 61.1. The van der Waals surface area contributed by atoms with E-state index in [1.807, 2.05) is 0 Å². The van der Waals surface area contributed by atoms with Gasteiger partial charge in [0.2, 0.25) is 6.29 Å². The van der Waals surface area contributed by atoms with Crippen molar-refractivity contribution in [3.05, 3.63) is 11.6 Å². The highest BCUT2D eigenvalue weighted by Crippen LogP contribution is 2.75. The van der Waals surface area contributed by atoms with E-state index in [4.69, 9.17) is 47.4 Å². The SMILES string of the molecule is C[C@@H]1O[C@@H](O[C@@H]2[C@@H](O[C@H]3CC[C@]4(C)[C@H]5CC=C6[C@@H]7C[C@H](CO)CC[C@]7(C(=O)O[C@H]7O[C@@H](CO[C@@H]8O[C@H](CO)[C@@H](O[C@@H]9O[C@@H](C)[C@H](O)[C@@H](O)[C@H]9O)[C@H](O)[C@H]8O)[C@H](O)[C@@H](O)[C@@H]7O)CC[C@@]6(C)[C@]5(C)CC[C@H]4C3(C)C)OC[C@@H](O)[C@H]2O)[C@H](O)[C@H](O)[C@H]1O. The number of carbonyl (C=O) groups is 1. The van der Waals surface area contributed by atoms with Gasteiger partial charge in [-0.1, -0.05) is 46.3 Å². The highest BCUT2D eigenvalue weighted by molar-refractivity contribution is 5.79. The number of hydrogen-bond acceptors (Lipinski definition) is 26. The predicted octanol–water partition coefficient (Wildman–Crippen LogP) is -2.93. The van der Waals surface area contributed by atoms with Crippen LogP contribution in [0.1, 0.15) is 113 Å². The molecule has 5 saturated heterocycles. The van der Waals surface area contributed by atoms with Crippen molar-refractivity contribution in [3.63, 3.8) is 0 Å². The molecule has 0 amide bonds. The molecular weight excluding hydrogens is 1110 g/mol. The normalized spacial score (nSPS) is 54.9. The summed E-state index contributed by atoms with van der Waals surface area (Å²) in [6.45, 7) is 12.6. The molecule has 9 fully saturated rings. The van der Waals surface area contributed by atoms with Gasteiger partial charge in [-0.15, -0.1) is 0 Å². The van der Waals surface area contributed by atoms with Crippen LogP contribution < -0.4 is 0 Å². The van der Waals surface area contributed by atoms with Crippen LogP contribution in [0.15, 0.2) is 11.6 Å². The Morgan fingerprint density at radius 1 is 0.560 bits per heavy atom. The number of fused-ring (bicyclic) bond motifs is 7. The van der Waals surface area contributed by atoms with E-state index in [-0.39, 0.29) is 47.7 Å². The highest BCUT2D eigenvalue weighted by atomic mass is 16.8. The second kappa shape index (κ2) is 24.5. The van der Waals surface area contributed by atoms with Crippen molar-refractivity contribution >= 4 is 5.97 Å². The lowest BCUT2D eigenvalue weighted by Crippen LogP contribution is -2.66. The Morgan fingerprint density at radius 2 is 1.15 bits per heavy atom. The van der Waals surface area contributed by atoms with Crippen LogP contribution in [0.4, 0.5) is 0 Å². The summed E-state index contributed by atoms with van der Waals surface area (Å²) in [5.74, 6) is -0.825. The molecule has 84 heavy (non-hydrogen) atoms. The molecule has 0 aromatic carbocycles. The van der Waals surface area contributed by atoms with Gasteiger partial charge in [0.1, 0.15) is 104 Å². The molecule has 0 aromatic heterocycles. The molecule has 5 aliphatic heterocycles. The van der Waals surface area contributed by atoms with E-state index in [0.717, 1.165) is 24.8 Å². The number of hydrogen-bond donors (Lipinski definition) is 15. The van der Waals surface area contributed by atoms with Crippen LogP contribution >= 0.6 is 0 Å². The molecule has 10 aliphatic rings.